The fourth-order valence-corrected chi connectivity index (χ4v) is 3.52. The first-order chi connectivity index (χ1) is 11.6. The number of carbonyl (C=O) groups is 1. The maximum absolute atomic E-state index is 11.9. The van der Waals surface area contributed by atoms with Crippen molar-refractivity contribution < 1.29 is 4.79 Å². The highest BCUT2D eigenvalue weighted by Crippen LogP contribution is 2.16. The van der Waals surface area contributed by atoms with Gasteiger partial charge in [-0.15, -0.1) is 0 Å². The van der Waals surface area contributed by atoms with E-state index in [9.17, 15) is 4.79 Å². The van der Waals surface area contributed by atoms with E-state index >= 15 is 0 Å². The quantitative estimate of drug-likeness (QED) is 0.800. The van der Waals surface area contributed by atoms with Crippen LogP contribution in [0.5, 0.6) is 0 Å². The summed E-state index contributed by atoms with van der Waals surface area (Å²) in [6.07, 6.45) is 2.80. The summed E-state index contributed by atoms with van der Waals surface area (Å²) in [5, 5.41) is 15.1. The molecule has 0 bridgehead atoms. The second-order valence-electron chi connectivity index (χ2n) is 6.57. The first-order valence-electron chi connectivity index (χ1n) is 8.56. The molecule has 6 nitrogen and oxygen atoms in total. The van der Waals surface area contributed by atoms with Gasteiger partial charge in [0.1, 0.15) is 5.82 Å². The predicted octanol–water partition coefficient (Wildman–Crippen LogP) is 1.73. The molecule has 24 heavy (non-hydrogen) atoms. The Morgan fingerprint density at radius 1 is 1.50 bits per heavy atom. The van der Waals surface area contributed by atoms with Crippen LogP contribution in [-0.2, 0) is 24.2 Å². The Balaban J connectivity index is 1.39. The molecule has 130 valence electrons. The van der Waals surface area contributed by atoms with Crippen LogP contribution in [0.2, 0.25) is 0 Å². The summed E-state index contributed by atoms with van der Waals surface area (Å²) in [7, 11) is 0. The summed E-state index contributed by atoms with van der Waals surface area (Å²) in [6, 6.07) is 2.37. The van der Waals surface area contributed by atoms with Crippen LogP contribution >= 0.6 is 11.3 Å². The van der Waals surface area contributed by atoms with E-state index in [0.29, 0.717) is 19.0 Å². The van der Waals surface area contributed by atoms with Crippen LogP contribution in [0, 0.1) is 0 Å². The lowest BCUT2D eigenvalue weighted by Crippen LogP contribution is -2.43. The average Bonchev–Trinajstić information content (AvgIpc) is 3.21. The minimum absolute atomic E-state index is 0.0532. The number of nitrogens with zero attached hydrogens (tertiary/aromatic N) is 3. The van der Waals surface area contributed by atoms with Crippen LogP contribution in [0.4, 0.5) is 0 Å². The third-order valence-corrected chi connectivity index (χ3v) is 4.99. The van der Waals surface area contributed by atoms with Crippen LogP contribution in [-0.4, -0.2) is 39.8 Å². The largest absolute Gasteiger partial charge is 0.355 e. The second-order valence-corrected chi connectivity index (χ2v) is 7.35. The van der Waals surface area contributed by atoms with Crippen molar-refractivity contribution >= 4 is 17.2 Å². The molecule has 0 aliphatic carbocycles. The van der Waals surface area contributed by atoms with Gasteiger partial charge in [-0.1, -0.05) is 13.8 Å². The number of carbonyl (C=O) groups excluding carboxylic acids is 1. The molecule has 0 saturated heterocycles. The highest BCUT2D eigenvalue weighted by Gasteiger charge is 2.22. The van der Waals surface area contributed by atoms with Crippen molar-refractivity contribution in [2.24, 2.45) is 0 Å². The third-order valence-electron chi connectivity index (χ3n) is 4.26. The second kappa shape index (κ2) is 7.90. The number of fused-ring (bicyclic) bond motifs is 1. The fraction of sp³-hybridized carbons (Fsp3) is 0.588. The van der Waals surface area contributed by atoms with Crippen molar-refractivity contribution in [3.05, 3.63) is 34.0 Å². The molecule has 0 aromatic carbocycles. The van der Waals surface area contributed by atoms with Gasteiger partial charge in [0.05, 0.1) is 13.1 Å². The molecule has 3 rings (SSSR count). The molecule has 0 saturated carbocycles. The Labute approximate surface area is 146 Å². The Kier molecular flexibility index (Phi) is 5.63. The molecule has 0 unspecified atom stereocenters. The lowest BCUT2D eigenvalue weighted by Gasteiger charge is -2.23. The fourth-order valence-electron chi connectivity index (χ4n) is 2.82. The molecule has 0 spiro atoms. The normalized spacial score (nSPS) is 17.0. The molecule has 1 aliphatic rings. The first-order valence-corrected chi connectivity index (χ1v) is 9.51. The van der Waals surface area contributed by atoms with E-state index < -0.39 is 0 Å². The maximum atomic E-state index is 11.9. The summed E-state index contributed by atoms with van der Waals surface area (Å²) in [6.45, 7) is 6.05. The Morgan fingerprint density at radius 2 is 2.38 bits per heavy atom. The molecule has 3 heterocycles. The molecule has 2 aromatic heterocycles. The number of aromatic nitrogens is 3. The molecule has 2 N–H and O–H groups in total. The topological polar surface area (TPSA) is 71.8 Å². The van der Waals surface area contributed by atoms with E-state index in [2.05, 4.69) is 51.4 Å². The van der Waals surface area contributed by atoms with Gasteiger partial charge in [0.15, 0.2) is 5.82 Å². The van der Waals surface area contributed by atoms with Gasteiger partial charge >= 0.3 is 0 Å². The number of rotatable bonds is 7. The van der Waals surface area contributed by atoms with Gasteiger partial charge in [-0.3, -0.25) is 4.79 Å². The standard InChI is InChI=1S/C17H25N5OS/c1-12(2)17-20-15-4-3-14(10-22(15)21-17)19-9-16(23)18-7-5-13-6-8-24-11-13/h6,8,11-12,14,19H,3-5,7,9-10H2,1-2H3,(H,18,23)/t14-/m0/s1. The van der Waals surface area contributed by atoms with E-state index in [0.717, 1.165) is 37.5 Å². The summed E-state index contributed by atoms with van der Waals surface area (Å²) in [4.78, 5) is 16.5. The minimum Gasteiger partial charge on any atom is -0.355 e. The lowest BCUT2D eigenvalue weighted by molar-refractivity contribution is -0.120. The summed E-state index contributed by atoms with van der Waals surface area (Å²) in [5.41, 5.74) is 1.28. The molecule has 1 aliphatic heterocycles. The summed E-state index contributed by atoms with van der Waals surface area (Å²) >= 11 is 1.69. The Morgan fingerprint density at radius 3 is 3.12 bits per heavy atom. The molecule has 0 radical (unpaired) electrons. The summed E-state index contributed by atoms with van der Waals surface area (Å²) < 4.78 is 1.99. The Bertz CT molecular complexity index is 665. The van der Waals surface area contributed by atoms with Crippen LogP contribution in [0.3, 0.4) is 0 Å². The molecule has 0 fully saturated rings. The van der Waals surface area contributed by atoms with Crippen LogP contribution in [0.25, 0.3) is 0 Å². The SMILES string of the molecule is CC(C)c1nc2n(n1)C[C@@H](NCC(=O)NCCc1ccsc1)CC2. The van der Waals surface area contributed by atoms with Gasteiger partial charge in [0.25, 0.3) is 0 Å². The Hall–Kier alpha value is -1.73. The number of nitrogens with one attached hydrogen (secondary N) is 2. The maximum Gasteiger partial charge on any atom is 0.233 e. The number of amides is 1. The zero-order valence-electron chi connectivity index (χ0n) is 14.3. The van der Waals surface area contributed by atoms with E-state index in [4.69, 9.17) is 0 Å². The van der Waals surface area contributed by atoms with Crippen LogP contribution < -0.4 is 10.6 Å². The van der Waals surface area contributed by atoms with Crippen molar-refractivity contribution in [3.8, 4) is 0 Å². The van der Waals surface area contributed by atoms with E-state index in [1.807, 2.05) is 4.68 Å². The average molecular weight is 347 g/mol. The highest BCUT2D eigenvalue weighted by atomic mass is 32.1. The van der Waals surface area contributed by atoms with Crippen molar-refractivity contribution in [2.45, 2.75) is 51.6 Å². The van der Waals surface area contributed by atoms with Gasteiger partial charge < -0.3 is 10.6 Å². The van der Waals surface area contributed by atoms with Crippen molar-refractivity contribution in [1.29, 1.82) is 0 Å². The van der Waals surface area contributed by atoms with Gasteiger partial charge in [0.2, 0.25) is 5.91 Å². The van der Waals surface area contributed by atoms with Crippen molar-refractivity contribution in [1.82, 2.24) is 25.4 Å². The van der Waals surface area contributed by atoms with Crippen molar-refractivity contribution in [3.63, 3.8) is 0 Å². The smallest absolute Gasteiger partial charge is 0.233 e. The molecule has 2 aromatic rings. The van der Waals surface area contributed by atoms with E-state index in [1.165, 1.54) is 5.56 Å². The van der Waals surface area contributed by atoms with E-state index in [1.54, 1.807) is 11.3 Å². The van der Waals surface area contributed by atoms with Gasteiger partial charge in [0, 0.05) is 24.9 Å². The van der Waals surface area contributed by atoms with Gasteiger partial charge in [-0.05, 0) is 35.2 Å². The zero-order valence-corrected chi connectivity index (χ0v) is 15.1. The van der Waals surface area contributed by atoms with Crippen LogP contribution in [0.15, 0.2) is 16.8 Å². The third kappa shape index (κ3) is 4.42. The molecule has 7 heteroatoms. The summed E-state index contributed by atoms with van der Waals surface area (Å²) in [5.74, 6) is 2.38. The van der Waals surface area contributed by atoms with E-state index in [-0.39, 0.29) is 11.9 Å². The predicted molar refractivity (Wildman–Crippen MR) is 95.3 cm³/mol. The lowest BCUT2D eigenvalue weighted by atomic mass is 10.1. The highest BCUT2D eigenvalue weighted by molar-refractivity contribution is 7.07. The number of thiophene rings is 1. The molecule has 1 atom stereocenters. The first kappa shape index (κ1) is 17.1. The number of hydrogen-bond donors (Lipinski definition) is 2. The molecular weight excluding hydrogens is 322 g/mol. The monoisotopic (exact) mass is 347 g/mol. The number of aryl methyl sites for hydroxylation is 1. The molecule has 1 amide bonds. The van der Waals surface area contributed by atoms with Gasteiger partial charge in [-0.2, -0.15) is 16.4 Å². The number of hydrogen-bond acceptors (Lipinski definition) is 5. The van der Waals surface area contributed by atoms with Crippen LogP contribution in [0.1, 0.15) is 43.4 Å². The zero-order chi connectivity index (χ0) is 16.9. The minimum atomic E-state index is 0.0532. The molecular formula is C17H25N5OS. The van der Waals surface area contributed by atoms with Crippen molar-refractivity contribution in [2.75, 3.05) is 13.1 Å². The van der Waals surface area contributed by atoms with Gasteiger partial charge in [-0.25, -0.2) is 9.67 Å².